The first kappa shape index (κ1) is 19.4. The maximum Gasteiger partial charge on any atom is 0.334 e. The molecule has 1 saturated heterocycles. The number of fused-ring (bicyclic) bond motifs is 3. The van der Waals surface area contributed by atoms with Gasteiger partial charge in [0.15, 0.2) is 5.76 Å². The lowest BCUT2D eigenvalue weighted by atomic mass is 9.76. The Kier molecular flexibility index (Phi) is 4.54. The van der Waals surface area contributed by atoms with Crippen LogP contribution in [0.1, 0.15) is 34.1 Å². The number of Topliss-reactive ketones (excluding diaryl/α,β-unsaturated/α-hetero) is 1. The van der Waals surface area contributed by atoms with E-state index in [2.05, 4.69) is 6.58 Å². The van der Waals surface area contributed by atoms with E-state index in [0.29, 0.717) is 11.1 Å². The van der Waals surface area contributed by atoms with Crippen molar-refractivity contribution in [3.05, 3.63) is 35.1 Å². The molecule has 2 N–H and O–H groups in total. The molecule has 1 aliphatic heterocycles. The monoisotopic (exact) mass is 376 g/mol. The first-order valence-corrected chi connectivity index (χ1v) is 8.91. The van der Waals surface area contributed by atoms with Crippen molar-refractivity contribution in [1.29, 1.82) is 0 Å². The third kappa shape index (κ3) is 2.81. The Labute approximate surface area is 157 Å². The van der Waals surface area contributed by atoms with Gasteiger partial charge in [-0.2, -0.15) is 0 Å². The van der Waals surface area contributed by atoms with Gasteiger partial charge < -0.3 is 19.7 Å². The Bertz CT molecular complexity index is 801. The van der Waals surface area contributed by atoms with Crippen LogP contribution in [0.25, 0.3) is 0 Å². The summed E-state index contributed by atoms with van der Waals surface area (Å²) in [5.74, 6) is -4.59. The van der Waals surface area contributed by atoms with E-state index < -0.39 is 59.0 Å². The second kappa shape index (κ2) is 6.34. The average molecular weight is 376 g/mol. The first-order chi connectivity index (χ1) is 12.5. The second-order valence-electron chi connectivity index (χ2n) is 7.80. The summed E-state index contributed by atoms with van der Waals surface area (Å²) in [6, 6.07) is 0. The van der Waals surface area contributed by atoms with Crippen molar-refractivity contribution >= 4 is 17.7 Å². The molecule has 3 aliphatic rings. The van der Waals surface area contributed by atoms with Crippen LogP contribution in [-0.4, -0.2) is 45.7 Å². The highest BCUT2D eigenvalue weighted by Crippen LogP contribution is 2.53. The van der Waals surface area contributed by atoms with Crippen molar-refractivity contribution in [3.8, 4) is 0 Å². The molecule has 0 aromatic heterocycles. The topological polar surface area (TPSA) is 110 Å². The molecule has 2 aliphatic carbocycles. The summed E-state index contributed by atoms with van der Waals surface area (Å²) in [6.07, 6.45) is -0.218. The lowest BCUT2D eigenvalue weighted by molar-refractivity contribution is -0.150. The van der Waals surface area contributed by atoms with Crippen LogP contribution in [0.15, 0.2) is 35.1 Å². The number of esters is 2. The largest absolute Gasteiger partial charge is 0.504 e. The minimum Gasteiger partial charge on any atom is -0.504 e. The molecule has 0 aromatic rings. The van der Waals surface area contributed by atoms with E-state index in [0.717, 1.165) is 0 Å². The van der Waals surface area contributed by atoms with E-state index in [-0.39, 0.29) is 12.0 Å². The number of carbonyl (C=O) groups is 3. The third-order valence-corrected chi connectivity index (χ3v) is 6.06. The SMILES string of the molecule is C=C1C(=O)O[C@@H]2[C@@H]1[C@H](OC(=O)/C(C)=C/C)C[C@@](C)(O)[C@H]1C(=O)C(O)=C(C)[C@@H]21. The zero-order valence-corrected chi connectivity index (χ0v) is 15.8. The van der Waals surface area contributed by atoms with Gasteiger partial charge in [0.1, 0.15) is 12.2 Å². The normalized spacial score (nSPS) is 39.1. The van der Waals surface area contributed by atoms with Crippen LogP contribution >= 0.6 is 0 Å². The Balaban J connectivity index is 2.09. The van der Waals surface area contributed by atoms with Gasteiger partial charge in [-0.05, 0) is 33.3 Å². The van der Waals surface area contributed by atoms with Gasteiger partial charge in [0.2, 0.25) is 5.78 Å². The maximum atomic E-state index is 12.6. The second-order valence-corrected chi connectivity index (χ2v) is 7.80. The molecule has 0 unspecified atom stereocenters. The zero-order chi connectivity index (χ0) is 20.3. The highest BCUT2D eigenvalue weighted by atomic mass is 16.6. The van der Waals surface area contributed by atoms with Crippen LogP contribution in [0.3, 0.4) is 0 Å². The van der Waals surface area contributed by atoms with E-state index in [9.17, 15) is 24.6 Å². The minimum atomic E-state index is -1.57. The Hall–Kier alpha value is -2.41. The van der Waals surface area contributed by atoms with Crippen LogP contribution in [-0.2, 0) is 23.9 Å². The number of allylic oxidation sites excluding steroid dienone is 2. The molecular formula is C20H24O7. The minimum absolute atomic E-state index is 0.0833. The highest BCUT2D eigenvalue weighted by molar-refractivity contribution is 6.00. The number of hydrogen-bond donors (Lipinski definition) is 2. The van der Waals surface area contributed by atoms with Crippen molar-refractivity contribution in [2.45, 2.75) is 51.9 Å². The summed E-state index contributed by atoms with van der Waals surface area (Å²) < 4.78 is 11.1. The summed E-state index contributed by atoms with van der Waals surface area (Å²) in [5, 5.41) is 21.2. The Morgan fingerprint density at radius 3 is 2.59 bits per heavy atom. The molecule has 0 aromatic carbocycles. The highest BCUT2D eigenvalue weighted by Gasteiger charge is 2.62. The fourth-order valence-electron chi connectivity index (χ4n) is 4.48. The zero-order valence-electron chi connectivity index (χ0n) is 15.8. The molecule has 2 fully saturated rings. The predicted molar refractivity (Wildman–Crippen MR) is 94.4 cm³/mol. The number of ketones is 1. The third-order valence-electron chi connectivity index (χ3n) is 6.06. The first-order valence-electron chi connectivity index (χ1n) is 8.91. The predicted octanol–water partition coefficient (Wildman–Crippen LogP) is 1.76. The van der Waals surface area contributed by atoms with Crippen molar-refractivity contribution in [1.82, 2.24) is 0 Å². The Morgan fingerprint density at radius 2 is 2.00 bits per heavy atom. The molecule has 146 valence electrons. The summed E-state index contributed by atoms with van der Waals surface area (Å²) in [6.45, 7) is 10.1. The summed E-state index contributed by atoms with van der Waals surface area (Å²) >= 11 is 0. The fourth-order valence-corrected chi connectivity index (χ4v) is 4.48. The summed E-state index contributed by atoms with van der Waals surface area (Å²) in [5.41, 5.74) is -0.686. The van der Waals surface area contributed by atoms with Crippen LogP contribution in [0.2, 0.25) is 0 Å². The van der Waals surface area contributed by atoms with E-state index >= 15 is 0 Å². The van der Waals surface area contributed by atoms with Gasteiger partial charge in [0.25, 0.3) is 0 Å². The molecule has 0 bridgehead atoms. The molecular weight excluding hydrogens is 352 g/mol. The lowest BCUT2D eigenvalue weighted by Gasteiger charge is -2.33. The number of hydrogen-bond acceptors (Lipinski definition) is 7. The number of rotatable bonds is 2. The van der Waals surface area contributed by atoms with Gasteiger partial charge in [-0.1, -0.05) is 12.7 Å². The standard InChI is InChI=1S/C20H24O7/c1-6-8(2)18(23)26-11-7-20(5,25)14-13(9(3)15(21)16(14)22)17-12(11)10(4)19(24)27-17/h6,11-14,17,21,25H,4,7H2,1-3,5H3/b8-6+/t11-,12+,13-,14-,17-,20-/m1/s1. The Morgan fingerprint density at radius 1 is 1.37 bits per heavy atom. The molecule has 1 heterocycles. The fraction of sp³-hybridized carbons (Fsp3) is 0.550. The van der Waals surface area contributed by atoms with Crippen LogP contribution in [0, 0.1) is 17.8 Å². The van der Waals surface area contributed by atoms with E-state index in [1.807, 2.05) is 0 Å². The van der Waals surface area contributed by atoms with Gasteiger partial charge in [-0.3, -0.25) is 4.79 Å². The molecule has 3 rings (SSSR count). The molecule has 0 spiro atoms. The number of ether oxygens (including phenoxy) is 2. The molecule has 0 radical (unpaired) electrons. The van der Waals surface area contributed by atoms with Crippen LogP contribution in [0.5, 0.6) is 0 Å². The molecule has 1 saturated carbocycles. The average Bonchev–Trinajstić information content (AvgIpc) is 2.97. The van der Waals surface area contributed by atoms with E-state index in [1.165, 1.54) is 6.92 Å². The molecule has 7 nitrogen and oxygen atoms in total. The van der Waals surface area contributed by atoms with Crippen LogP contribution < -0.4 is 0 Å². The van der Waals surface area contributed by atoms with Gasteiger partial charge in [-0.25, -0.2) is 9.59 Å². The summed E-state index contributed by atoms with van der Waals surface area (Å²) in [4.78, 5) is 37.1. The van der Waals surface area contributed by atoms with Gasteiger partial charge in [0, 0.05) is 23.5 Å². The molecule has 6 atom stereocenters. The summed E-state index contributed by atoms with van der Waals surface area (Å²) in [7, 11) is 0. The van der Waals surface area contributed by atoms with E-state index in [1.54, 1.807) is 26.8 Å². The number of aliphatic hydroxyl groups is 2. The number of carbonyl (C=O) groups excluding carboxylic acids is 3. The van der Waals surface area contributed by atoms with Crippen LogP contribution in [0.4, 0.5) is 0 Å². The molecule has 7 heteroatoms. The smallest absolute Gasteiger partial charge is 0.334 e. The van der Waals surface area contributed by atoms with Gasteiger partial charge in [0.05, 0.1) is 17.4 Å². The van der Waals surface area contributed by atoms with Gasteiger partial charge in [-0.15, -0.1) is 0 Å². The maximum absolute atomic E-state index is 12.6. The van der Waals surface area contributed by atoms with Gasteiger partial charge >= 0.3 is 11.9 Å². The van der Waals surface area contributed by atoms with Crippen molar-refractivity contribution in [2.24, 2.45) is 17.8 Å². The van der Waals surface area contributed by atoms with Crippen molar-refractivity contribution in [3.63, 3.8) is 0 Å². The van der Waals surface area contributed by atoms with Crippen molar-refractivity contribution in [2.75, 3.05) is 0 Å². The number of aliphatic hydroxyl groups excluding tert-OH is 1. The van der Waals surface area contributed by atoms with Crippen molar-refractivity contribution < 1.29 is 34.1 Å². The quantitative estimate of drug-likeness (QED) is 0.558. The molecule has 27 heavy (non-hydrogen) atoms. The molecule has 0 amide bonds. The lowest BCUT2D eigenvalue weighted by Crippen LogP contribution is -2.44. The van der Waals surface area contributed by atoms with E-state index in [4.69, 9.17) is 9.47 Å².